The highest BCUT2D eigenvalue weighted by Gasteiger charge is 2.28. The molecule has 86 valence electrons. The molecule has 2 heteroatoms. The molecular weight excluding hydrogens is 198 g/mol. The summed E-state index contributed by atoms with van der Waals surface area (Å²) in [5.74, 6) is 0.432. The number of carbonyl (C=O) groups is 1. The van der Waals surface area contributed by atoms with Crippen molar-refractivity contribution in [2.75, 3.05) is 0 Å². The van der Waals surface area contributed by atoms with Crippen molar-refractivity contribution in [1.29, 1.82) is 0 Å². The standard InChI is InChI=1S/C14H19NO/c1-9-3-6-13(10(2)7-9)14(16)11-4-5-12(15)8-11/h3,6-7,11-12H,4-5,8,15H2,1-2H3. The van der Waals surface area contributed by atoms with Crippen LogP contribution in [0.1, 0.15) is 40.7 Å². The van der Waals surface area contributed by atoms with Crippen molar-refractivity contribution >= 4 is 5.78 Å². The molecule has 1 aromatic carbocycles. The third-order valence-electron chi connectivity index (χ3n) is 3.49. The van der Waals surface area contributed by atoms with Gasteiger partial charge < -0.3 is 5.73 Å². The Morgan fingerprint density at radius 1 is 1.31 bits per heavy atom. The van der Waals surface area contributed by atoms with Crippen molar-refractivity contribution in [3.8, 4) is 0 Å². The van der Waals surface area contributed by atoms with Crippen LogP contribution in [0.15, 0.2) is 18.2 Å². The molecule has 2 unspecified atom stereocenters. The third kappa shape index (κ3) is 2.17. The Kier molecular flexibility index (Phi) is 3.10. The molecule has 0 spiro atoms. The number of hydrogen-bond donors (Lipinski definition) is 1. The fraction of sp³-hybridized carbons (Fsp3) is 0.500. The number of rotatable bonds is 2. The molecule has 1 saturated carbocycles. The molecular formula is C14H19NO. The van der Waals surface area contributed by atoms with Crippen LogP contribution in [-0.4, -0.2) is 11.8 Å². The summed E-state index contributed by atoms with van der Waals surface area (Å²) in [5, 5.41) is 0. The Balaban J connectivity index is 2.21. The van der Waals surface area contributed by atoms with Gasteiger partial charge in [0.05, 0.1) is 0 Å². The minimum absolute atomic E-state index is 0.149. The number of nitrogens with two attached hydrogens (primary N) is 1. The molecule has 0 aromatic heterocycles. The number of hydrogen-bond acceptors (Lipinski definition) is 2. The summed E-state index contributed by atoms with van der Waals surface area (Å²) in [7, 11) is 0. The fourth-order valence-corrected chi connectivity index (χ4v) is 2.56. The van der Waals surface area contributed by atoms with Crippen molar-refractivity contribution in [2.45, 2.75) is 39.2 Å². The molecule has 2 nitrogen and oxygen atoms in total. The molecule has 1 aliphatic rings. The Labute approximate surface area is 96.8 Å². The first-order valence-electron chi connectivity index (χ1n) is 5.95. The van der Waals surface area contributed by atoms with E-state index in [-0.39, 0.29) is 17.7 Å². The summed E-state index contributed by atoms with van der Waals surface area (Å²) in [6.07, 6.45) is 2.79. The number of carbonyl (C=O) groups excluding carboxylic acids is 1. The largest absolute Gasteiger partial charge is 0.328 e. The second kappa shape index (κ2) is 4.38. The van der Waals surface area contributed by atoms with Gasteiger partial charge in [-0.15, -0.1) is 0 Å². The highest BCUT2D eigenvalue weighted by molar-refractivity contribution is 5.99. The number of aryl methyl sites for hydroxylation is 2. The molecule has 16 heavy (non-hydrogen) atoms. The van der Waals surface area contributed by atoms with Crippen molar-refractivity contribution in [1.82, 2.24) is 0 Å². The average molecular weight is 217 g/mol. The van der Waals surface area contributed by atoms with E-state index in [2.05, 4.69) is 6.07 Å². The molecule has 1 aromatic rings. The van der Waals surface area contributed by atoms with Gasteiger partial charge in [-0.25, -0.2) is 0 Å². The van der Waals surface area contributed by atoms with Crippen molar-refractivity contribution in [2.24, 2.45) is 11.7 Å². The molecule has 1 fully saturated rings. The van der Waals surface area contributed by atoms with Crippen LogP contribution in [0, 0.1) is 19.8 Å². The molecule has 1 aliphatic carbocycles. The molecule has 2 rings (SSSR count). The van der Waals surface area contributed by atoms with E-state index in [1.54, 1.807) is 0 Å². The van der Waals surface area contributed by atoms with Crippen molar-refractivity contribution in [3.05, 3.63) is 34.9 Å². The average Bonchev–Trinajstić information content (AvgIpc) is 2.64. The smallest absolute Gasteiger partial charge is 0.166 e. The Bertz CT molecular complexity index is 411. The zero-order valence-corrected chi connectivity index (χ0v) is 9.99. The maximum Gasteiger partial charge on any atom is 0.166 e. The maximum atomic E-state index is 12.3. The summed E-state index contributed by atoms with van der Waals surface area (Å²) in [5.41, 5.74) is 9.02. The van der Waals surface area contributed by atoms with Crippen molar-refractivity contribution < 1.29 is 4.79 Å². The van der Waals surface area contributed by atoms with E-state index < -0.39 is 0 Å². The van der Waals surface area contributed by atoms with Gasteiger partial charge in [0.1, 0.15) is 0 Å². The number of ketones is 1. The first-order valence-corrected chi connectivity index (χ1v) is 5.95. The van der Waals surface area contributed by atoms with Gasteiger partial charge in [0.25, 0.3) is 0 Å². The summed E-state index contributed by atoms with van der Waals surface area (Å²) in [4.78, 5) is 12.3. The zero-order valence-electron chi connectivity index (χ0n) is 9.99. The van der Waals surface area contributed by atoms with E-state index in [9.17, 15) is 4.79 Å². The highest BCUT2D eigenvalue weighted by atomic mass is 16.1. The maximum absolute atomic E-state index is 12.3. The lowest BCUT2D eigenvalue weighted by Gasteiger charge is -2.11. The second-order valence-electron chi connectivity index (χ2n) is 4.95. The molecule has 2 N–H and O–H groups in total. The molecule has 0 amide bonds. The van der Waals surface area contributed by atoms with Crippen LogP contribution >= 0.6 is 0 Å². The second-order valence-corrected chi connectivity index (χ2v) is 4.95. The number of Topliss-reactive ketones (excluding diaryl/α,β-unsaturated/α-hetero) is 1. The van der Waals surface area contributed by atoms with Crippen LogP contribution in [0.25, 0.3) is 0 Å². The van der Waals surface area contributed by atoms with Crippen LogP contribution in [-0.2, 0) is 0 Å². The van der Waals surface area contributed by atoms with Gasteiger partial charge in [0.2, 0.25) is 0 Å². The van der Waals surface area contributed by atoms with Crippen LogP contribution in [0.4, 0.5) is 0 Å². The quantitative estimate of drug-likeness (QED) is 0.774. The molecule has 0 radical (unpaired) electrons. The monoisotopic (exact) mass is 217 g/mol. The van der Waals surface area contributed by atoms with Crippen LogP contribution in [0.2, 0.25) is 0 Å². The number of benzene rings is 1. The lowest BCUT2D eigenvalue weighted by Crippen LogP contribution is -2.18. The first-order chi connectivity index (χ1) is 7.58. The molecule has 0 bridgehead atoms. The van der Waals surface area contributed by atoms with Gasteiger partial charge >= 0.3 is 0 Å². The van der Waals surface area contributed by atoms with Gasteiger partial charge in [-0.1, -0.05) is 23.8 Å². The SMILES string of the molecule is Cc1ccc(C(=O)C2CCC(N)C2)c(C)c1. The first kappa shape index (κ1) is 11.3. The van der Waals surface area contributed by atoms with Gasteiger partial charge in [-0.05, 0) is 38.7 Å². The normalized spacial score (nSPS) is 24.7. The lowest BCUT2D eigenvalue weighted by molar-refractivity contribution is 0.0921. The predicted octanol–water partition coefficient (Wildman–Crippen LogP) is 2.61. The van der Waals surface area contributed by atoms with E-state index in [0.29, 0.717) is 0 Å². The Morgan fingerprint density at radius 3 is 2.62 bits per heavy atom. The van der Waals surface area contributed by atoms with Gasteiger partial charge in [-0.3, -0.25) is 4.79 Å². The van der Waals surface area contributed by atoms with E-state index in [1.807, 2.05) is 26.0 Å². The lowest BCUT2D eigenvalue weighted by atomic mass is 9.92. The van der Waals surface area contributed by atoms with Gasteiger partial charge in [0, 0.05) is 17.5 Å². The van der Waals surface area contributed by atoms with Gasteiger partial charge in [-0.2, -0.15) is 0 Å². The van der Waals surface area contributed by atoms with E-state index in [0.717, 1.165) is 30.4 Å². The summed E-state index contributed by atoms with van der Waals surface area (Å²) >= 11 is 0. The van der Waals surface area contributed by atoms with E-state index in [4.69, 9.17) is 5.73 Å². The zero-order chi connectivity index (χ0) is 11.7. The van der Waals surface area contributed by atoms with E-state index >= 15 is 0 Å². The highest BCUT2D eigenvalue weighted by Crippen LogP contribution is 2.28. The van der Waals surface area contributed by atoms with Crippen LogP contribution < -0.4 is 5.73 Å². The molecule has 0 saturated heterocycles. The molecule has 2 atom stereocenters. The van der Waals surface area contributed by atoms with Crippen molar-refractivity contribution in [3.63, 3.8) is 0 Å². The molecule has 0 aliphatic heterocycles. The summed E-state index contributed by atoms with van der Waals surface area (Å²) < 4.78 is 0. The molecule has 0 heterocycles. The summed E-state index contributed by atoms with van der Waals surface area (Å²) in [6.45, 7) is 4.06. The Morgan fingerprint density at radius 2 is 2.06 bits per heavy atom. The predicted molar refractivity (Wildman–Crippen MR) is 65.6 cm³/mol. The Hall–Kier alpha value is -1.15. The van der Waals surface area contributed by atoms with Gasteiger partial charge in [0.15, 0.2) is 5.78 Å². The third-order valence-corrected chi connectivity index (χ3v) is 3.49. The van der Waals surface area contributed by atoms with E-state index in [1.165, 1.54) is 5.56 Å². The summed E-state index contributed by atoms with van der Waals surface area (Å²) in [6, 6.07) is 6.26. The fourth-order valence-electron chi connectivity index (χ4n) is 2.56. The van der Waals surface area contributed by atoms with Crippen LogP contribution in [0.3, 0.4) is 0 Å². The minimum Gasteiger partial charge on any atom is -0.328 e. The van der Waals surface area contributed by atoms with Crippen LogP contribution in [0.5, 0.6) is 0 Å². The topological polar surface area (TPSA) is 43.1 Å². The minimum atomic E-state index is 0.149.